The summed E-state index contributed by atoms with van der Waals surface area (Å²) < 4.78 is 0. The third kappa shape index (κ3) is 13.5. The number of hydrogen-bond donors (Lipinski definition) is 9. The second-order valence-electron chi connectivity index (χ2n) is 13.6. The number of primary amides is 1. The van der Waals surface area contributed by atoms with Crippen LogP contribution in [-0.2, 0) is 35.2 Å². The van der Waals surface area contributed by atoms with Gasteiger partial charge in [0, 0.05) is 36.6 Å². The lowest BCUT2D eigenvalue weighted by Crippen LogP contribution is -2.58. The van der Waals surface area contributed by atoms with Crippen LogP contribution in [0.1, 0.15) is 83.6 Å². The summed E-state index contributed by atoms with van der Waals surface area (Å²) in [5, 5.41) is 21.9. The zero-order chi connectivity index (χ0) is 38.0. The Bertz CT molecular complexity index is 1520. The Morgan fingerprint density at radius 1 is 0.942 bits per heavy atom. The average Bonchev–Trinajstić information content (AvgIpc) is 3.53. The number of amides is 6. The zero-order valence-electron chi connectivity index (χ0n) is 30.3. The van der Waals surface area contributed by atoms with Gasteiger partial charge in [-0.15, -0.1) is 0 Å². The maximum atomic E-state index is 14.1. The molecule has 0 spiro atoms. The Morgan fingerprint density at radius 3 is 2.29 bits per heavy atom. The van der Waals surface area contributed by atoms with Crippen LogP contribution in [0, 0.1) is 11.3 Å². The van der Waals surface area contributed by atoms with Crippen molar-refractivity contribution >= 4 is 52.8 Å². The molecule has 1 aliphatic carbocycles. The van der Waals surface area contributed by atoms with Crippen molar-refractivity contribution in [3.8, 4) is 0 Å². The fourth-order valence-electron chi connectivity index (χ4n) is 6.40. The number of unbranched alkanes of at least 4 members (excludes halogenated alkanes) is 1. The first-order chi connectivity index (χ1) is 24.9. The molecular weight excluding hydrogens is 668 g/mol. The van der Waals surface area contributed by atoms with Crippen molar-refractivity contribution in [3.05, 3.63) is 36.0 Å². The minimum absolute atomic E-state index is 0.0551. The molecule has 1 fully saturated rings. The molecule has 4 atom stereocenters. The van der Waals surface area contributed by atoms with Crippen molar-refractivity contribution in [1.29, 1.82) is 5.41 Å². The summed E-state index contributed by atoms with van der Waals surface area (Å²) in [7, 11) is 0. The number of benzene rings is 1. The fourth-order valence-corrected chi connectivity index (χ4v) is 6.40. The van der Waals surface area contributed by atoms with Gasteiger partial charge in [0.2, 0.25) is 35.9 Å². The van der Waals surface area contributed by atoms with Crippen molar-refractivity contribution in [2.75, 3.05) is 19.6 Å². The van der Waals surface area contributed by atoms with E-state index < -0.39 is 53.7 Å². The normalized spacial score (nSPS) is 15.3. The van der Waals surface area contributed by atoms with Crippen LogP contribution in [0.4, 0.5) is 0 Å². The lowest BCUT2D eigenvalue weighted by Gasteiger charge is -2.29. The van der Waals surface area contributed by atoms with E-state index in [0.717, 1.165) is 61.4 Å². The van der Waals surface area contributed by atoms with Crippen molar-refractivity contribution < 1.29 is 28.8 Å². The fraction of sp³-hybridized carbons (Fsp3) is 0.583. The summed E-state index contributed by atoms with van der Waals surface area (Å²) in [6, 6.07) is 3.24. The molecule has 1 saturated carbocycles. The maximum absolute atomic E-state index is 14.1. The molecule has 2 aromatic rings. The van der Waals surface area contributed by atoms with Gasteiger partial charge in [0.1, 0.15) is 24.2 Å². The SMILES string of the molecule is CCCCN(C=O)CC(=O)N[C@H](CC1CCCCC1)C(=O)N[C@@H](Cc1c[nH]c2ccccc12)C(=O)N[C@@H](CCCNC(=N)N)C(=O)N[C@@H](C)C(N)=O. The van der Waals surface area contributed by atoms with Crippen LogP contribution in [0.25, 0.3) is 10.9 Å². The lowest BCUT2D eigenvalue weighted by atomic mass is 9.84. The zero-order valence-corrected chi connectivity index (χ0v) is 30.3. The van der Waals surface area contributed by atoms with Crippen LogP contribution < -0.4 is 38.1 Å². The molecule has 6 amide bonds. The van der Waals surface area contributed by atoms with Gasteiger partial charge in [-0.3, -0.25) is 34.2 Å². The van der Waals surface area contributed by atoms with E-state index in [1.807, 2.05) is 31.2 Å². The standard InChI is InChI=1S/C36H56N10O6/c1-3-4-17-46(22-47)21-31(48)43-29(18-24-11-6-5-7-12-24)34(51)45-30(19-25-20-41-27-14-9-8-13-26(25)27)35(52)44-28(15-10-16-40-36(38)39)33(50)42-23(2)32(37)49/h8-9,13-14,20,22-24,28-30,41H,3-7,10-12,15-19,21H2,1-2H3,(H2,37,49)(H,42,50)(H,43,48)(H,44,52)(H,45,51)(H4,38,39,40)/t23-,28-,29+,30-/m0/s1. The molecule has 1 aromatic carbocycles. The third-order valence-electron chi connectivity index (χ3n) is 9.38. The quantitative estimate of drug-likeness (QED) is 0.0360. The molecule has 11 N–H and O–H groups in total. The van der Waals surface area contributed by atoms with E-state index >= 15 is 0 Å². The van der Waals surface area contributed by atoms with Crippen LogP contribution in [0.5, 0.6) is 0 Å². The number of para-hydroxylation sites is 1. The highest BCUT2D eigenvalue weighted by molar-refractivity contribution is 5.96. The van der Waals surface area contributed by atoms with Gasteiger partial charge >= 0.3 is 0 Å². The van der Waals surface area contributed by atoms with E-state index in [-0.39, 0.29) is 37.8 Å². The van der Waals surface area contributed by atoms with Crippen LogP contribution in [-0.4, -0.2) is 95.6 Å². The van der Waals surface area contributed by atoms with Gasteiger partial charge in [-0.05, 0) is 50.2 Å². The smallest absolute Gasteiger partial charge is 0.243 e. The first-order valence-electron chi connectivity index (χ1n) is 18.2. The first kappa shape index (κ1) is 41.3. The molecule has 1 aromatic heterocycles. The Labute approximate surface area is 304 Å². The number of nitrogens with zero attached hydrogens (tertiary/aromatic N) is 1. The van der Waals surface area contributed by atoms with Crippen molar-refractivity contribution in [3.63, 3.8) is 0 Å². The molecule has 16 nitrogen and oxygen atoms in total. The second kappa shape index (κ2) is 21.3. The number of aromatic amines is 1. The Hall–Kier alpha value is -5.15. The van der Waals surface area contributed by atoms with Gasteiger partial charge in [-0.2, -0.15) is 0 Å². The van der Waals surface area contributed by atoms with E-state index in [9.17, 15) is 28.8 Å². The molecule has 286 valence electrons. The largest absolute Gasteiger partial charge is 0.370 e. The number of carbonyl (C=O) groups is 6. The Kier molecular flexibility index (Phi) is 16.9. The van der Waals surface area contributed by atoms with Crippen molar-refractivity contribution in [2.24, 2.45) is 17.4 Å². The van der Waals surface area contributed by atoms with Crippen LogP contribution in [0.3, 0.4) is 0 Å². The van der Waals surface area contributed by atoms with Gasteiger partial charge in [-0.1, -0.05) is 63.6 Å². The monoisotopic (exact) mass is 724 g/mol. The molecule has 0 unspecified atom stereocenters. The van der Waals surface area contributed by atoms with E-state index in [1.54, 1.807) is 6.20 Å². The summed E-state index contributed by atoms with van der Waals surface area (Å²) in [6.45, 7) is 3.87. The topological polar surface area (TPSA) is 257 Å². The molecule has 0 bridgehead atoms. The number of H-pyrrole nitrogens is 1. The predicted molar refractivity (Wildman–Crippen MR) is 197 cm³/mol. The second-order valence-corrected chi connectivity index (χ2v) is 13.6. The number of guanidine groups is 1. The maximum Gasteiger partial charge on any atom is 0.243 e. The number of aromatic nitrogens is 1. The highest BCUT2D eigenvalue weighted by atomic mass is 16.2. The van der Waals surface area contributed by atoms with E-state index in [2.05, 4.69) is 31.6 Å². The Morgan fingerprint density at radius 2 is 1.62 bits per heavy atom. The van der Waals surface area contributed by atoms with Crippen LogP contribution in [0.2, 0.25) is 0 Å². The molecule has 0 aliphatic heterocycles. The third-order valence-corrected chi connectivity index (χ3v) is 9.38. The number of carbonyl (C=O) groups excluding carboxylic acids is 6. The lowest BCUT2D eigenvalue weighted by molar-refractivity contribution is -0.135. The van der Waals surface area contributed by atoms with Crippen molar-refractivity contribution in [2.45, 2.75) is 109 Å². The average molecular weight is 725 g/mol. The van der Waals surface area contributed by atoms with E-state index in [4.69, 9.17) is 16.9 Å². The summed E-state index contributed by atoms with van der Waals surface area (Å²) in [5.74, 6) is -3.14. The molecule has 1 heterocycles. The molecule has 3 rings (SSSR count). The first-order valence-corrected chi connectivity index (χ1v) is 18.2. The molecule has 0 radical (unpaired) electrons. The summed E-state index contributed by atoms with van der Waals surface area (Å²) in [6.07, 6.45) is 9.80. The number of nitrogens with two attached hydrogens (primary N) is 2. The predicted octanol–water partition coefficient (Wildman–Crippen LogP) is 0.647. The minimum Gasteiger partial charge on any atom is -0.370 e. The highest BCUT2D eigenvalue weighted by Gasteiger charge is 2.32. The van der Waals surface area contributed by atoms with Gasteiger partial charge in [0.05, 0.1) is 6.54 Å². The molecule has 16 heteroatoms. The summed E-state index contributed by atoms with van der Waals surface area (Å²) in [5.41, 5.74) is 12.3. The van der Waals surface area contributed by atoms with Crippen LogP contribution >= 0.6 is 0 Å². The number of fused-ring (bicyclic) bond motifs is 1. The van der Waals surface area contributed by atoms with Crippen molar-refractivity contribution in [1.82, 2.24) is 36.5 Å². The van der Waals surface area contributed by atoms with Gasteiger partial charge < -0.3 is 47.9 Å². The molecule has 52 heavy (non-hydrogen) atoms. The number of rotatable bonds is 22. The Balaban J connectivity index is 1.89. The molecule has 0 saturated heterocycles. The molecule has 1 aliphatic rings. The van der Waals surface area contributed by atoms with Crippen LogP contribution in [0.15, 0.2) is 30.5 Å². The van der Waals surface area contributed by atoms with E-state index in [0.29, 0.717) is 25.8 Å². The van der Waals surface area contributed by atoms with Gasteiger partial charge in [0.15, 0.2) is 5.96 Å². The highest BCUT2D eigenvalue weighted by Crippen LogP contribution is 2.27. The number of hydrogen-bond acceptors (Lipinski definition) is 7. The summed E-state index contributed by atoms with van der Waals surface area (Å²) in [4.78, 5) is 82.7. The van der Waals surface area contributed by atoms with Gasteiger partial charge in [0.25, 0.3) is 0 Å². The number of nitrogens with one attached hydrogen (secondary N) is 7. The minimum atomic E-state index is -1.17. The summed E-state index contributed by atoms with van der Waals surface area (Å²) >= 11 is 0. The van der Waals surface area contributed by atoms with E-state index in [1.165, 1.54) is 11.8 Å². The molecular formula is C36H56N10O6. The van der Waals surface area contributed by atoms with Gasteiger partial charge in [-0.25, -0.2) is 0 Å².